The lowest BCUT2D eigenvalue weighted by Gasteiger charge is -2.48. The highest BCUT2D eigenvalue weighted by molar-refractivity contribution is 6.08. The third-order valence-corrected chi connectivity index (χ3v) is 7.39. The molecule has 1 aromatic carbocycles. The van der Waals surface area contributed by atoms with Crippen molar-refractivity contribution in [3.63, 3.8) is 0 Å². The number of rotatable bonds is 6. The molecule has 1 N–H and O–H groups in total. The lowest BCUT2D eigenvalue weighted by atomic mass is 9.79. The van der Waals surface area contributed by atoms with Crippen LogP contribution < -0.4 is 10.1 Å². The van der Waals surface area contributed by atoms with E-state index in [2.05, 4.69) is 20.9 Å². The van der Waals surface area contributed by atoms with Crippen molar-refractivity contribution in [2.24, 2.45) is 7.05 Å². The Morgan fingerprint density at radius 3 is 2.50 bits per heavy atom. The second-order valence-corrected chi connectivity index (χ2v) is 9.15. The highest BCUT2D eigenvalue weighted by atomic mass is 16.5. The van der Waals surface area contributed by atoms with Crippen LogP contribution in [-0.2, 0) is 7.05 Å². The molecule has 1 aliphatic carbocycles. The molecule has 5 heteroatoms. The molecule has 30 heavy (non-hydrogen) atoms. The Balaban J connectivity index is 1.58. The third-order valence-electron chi connectivity index (χ3n) is 7.39. The molecule has 0 unspecified atom stereocenters. The quantitative estimate of drug-likeness (QED) is 0.742. The van der Waals surface area contributed by atoms with Gasteiger partial charge in [-0.2, -0.15) is 0 Å². The lowest BCUT2D eigenvalue weighted by molar-refractivity contribution is 0.0327. The number of benzene rings is 1. The topological polar surface area (TPSA) is 46.5 Å². The number of nitrogens with one attached hydrogen (secondary N) is 1. The van der Waals surface area contributed by atoms with Gasteiger partial charge in [0.1, 0.15) is 5.75 Å². The summed E-state index contributed by atoms with van der Waals surface area (Å²) in [5, 5.41) is 4.35. The average Bonchev–Trinajstić information content (AvgIpc) is 3.03. The predicted octanol–water partition coefficient (Wildman–Crippen LogP) is 4.80. The summed E-state index contributed by atoms with van der Waals surface area (Å²) in [5.41, 5.74) is 3.01. The lowest BCUT2D eigenvalue weighted by Crippen LogP contribution is -2.58. The van der Waals surface area contributed by atoms with E-state index in [-0.39, 0.29) is 11.4 Å². The summed E-state index contributed by atoms with van der Waals surface area (Å²) in [5.74, 6) is 0.871. The molecule has 5 nitrogen and oxygen atoms in total. The van der Waals surface area contributed by atoms with Crippen molar-refractivity contribution in [2.45, 2.75) is 70.8 Å². The van der Waals surface area contributed by atoms with Crippen LogP contribution >= 0.6 is 0 Å². The molecular weight excluding hydrogens is 374 g/mol. The van der Waals surface area contributed by atoms with Crippen LogP contribution in [0.2, 0.25) is 0 Å². The first kappa shape index (κ1) is 21.2. The van der Waals surface area contributed by atoms with Gasteiger partial charge in [-0.15, -0.1) is 0 Å². The molecule has 2 aliphatic rings. The Hall–Kier alpha value is -2.01. The van der Waals surface area contributed by atoms with Crippen LogP contribution in [0.4, 0.5) is 0 Å². The molecule has 164 valence electrons. The van der Waals surface area contributed by atoms with E-state index >= 15 is 0 Å². The second-order valence-electron chi connectivity index (χ2n) is 9.15. The summed E-state index contributed by atoms with van der Waals surface area (Å²) in [4.78, 5) is 16.1. The summed E-state index contributed by atoms with van der Waals surface area (Å²) < 4.78 is 7.81. The van der Waals surface area contributed by atoms with Gasteiger partial charge in [-0.1, -0.05) is 25.7 Å². The number of amides is 1. The number of likely N-dealkylation sites (tertiary alicyclic amines) is 1. The minimum Gasteiger partial charge on any atom is -0.494 e. The Morgan fingerprint density at radius 1 is 1.10 bits per heavy atom. The van der Waals surface area contributed by atoms with Crippen LogP contribution in [0, 0.1) is 6.92 Å². The first-order valence-corrected chi connectivity index (χ1v) is 11.8. The molecule has 2 aromatic rings. The maximum Gasteiger partial charge on any atom is 0.253 e. The van der Waals surface area contributed by atoms with Gasteiger partial charge in [-0.25, -0.2) is 0 Å². The van der Waals surface area contributed by atoms with E-state index in [1.54, 1.807) is 0 Å². The van der Waals surface area contributed by atoms with E-state index in [1.807, 2.05) is 33.0 Å². The Kier molecular flexibility index (Phi) is 6.37. The number of piperidine rings is 1. The standard InChI is InChI=1S/C25H37N3O2/c1-4-30-20-11-12-22-21(17-20)23(19(2)27(22)3)24(29)26-18-25(13-7-5-8-14-25)28-15-9-6-10-16-28/h11-12,17H,4-10,13-16,18H2,1-3H3,(H,26,29). The summed E-state index contributed by atoms with van der Waals surface area (Å²) in [7, 11) is 2.03. The van der Waals surface area contributed by atoms with E-state index in [4.69, 9.17) is 4.74 Å². The zero-order chi connectivity index (χ0) is 21.1. The van der Waals surface area contributed by atoms with Gasteiger partial charge >= 0.3 is 0 Å². The van der Waals surface area contributed by atoms with Gasteiger partial charge in [0.25, 0.3) is 5.91 Å². The van der Waals surface area contributed by atoms with Gasteiger partial charge in [0.05, 0.1) is 12.2 Å². The zero-order valence-electron chi connectivity index (χ0n) is 18.9. The van der Waals surface area contributed by atoms with Gasteiger partial charge in [0, 0.05) is 35.7 Å². The largest absolute Gasteiger partial charge is 0.494 e. The fourth-order valence-corrected chi connectivity index (χ4v) is 5.61. The Morgan fingerprint density at radius 2 is 1.80 bits per heavy atom. The minimum atomic E-state index is 0.0497. The molecule has 4 rings (SSSR count). The van der Waals surface area contributed by atoms with E-state index in [9.17, 15) is 4.79 Å². The monoisotopic (exact) mass is 411 g/mol. The van der Waals surface area contributed by atoms with Crippen molar-refractivity contribution < 1.29 is 9.53 Å². The van der Waals surface area contributed by atoms with E-state index < -0.39 is 0 Å². The van der Waals surface area contributed by atoms with Crippen molar-refractivity contribution in [3.05, 3.63) is 29.5 Å². The molecule has 0 atom stereocenters. The van der Waals surface area contributed by atoms with Crippen molar-refractivity contribution in [3.8, 4) is 5.75 Å². The van der Waals surface area contributed by atoms with Crippen molar-refractivity contribution >= 4 is 16.8 Å². The zero-order valence-corrected chi connectivity index (χ0v) is 18.9. The van der Waals surface area contributed by atoms with Crippen molar-refractivity contribution in [2.75, 3.05) is 26.2 Å². The molecule has 0 spiro atoms. The number of nitrogens with zero attached hydrogens (tertiary/aromatic N) is 2. The molecular formula is C25H37N3O2. The molecule has 1 saturated heterocycles. The first-order chi connectivity index (χ1) is 14.6. The SMILES string of the molecule is CCOc1ccc2c(c1)c(C(=O)NCC1(N3CCCCC3)CCCCC1)c(C)n2C. The maximum absolute atomic E-state index is 13.4. The van der Waals surface area contributed by atoms with Crippen molar-refractivity contribution in [1.82, 2.24) is 14.8 Å². The average molecular weight is 412 g/mol. The molecule has 2 heterocycles. The van der Waals surface area contributed by atoms with Crippen LogP contribution in [0.15, 0.2) is 18.2 Å². The van der Waals surface area contributed by atoms with E-state index in [1.165, 1.54) is 64.5 Å². The summed E-state index contributed by atoms with van der Waals surface area (Å²) in [6, 6.07) is 6.06. The summed E-state index contributed by atoms with van der Waals surface area (Å²) in [6.45, 7) is 7.76. The minimum absolute atomic E-state index is 0.0497. The summed E-state index contributed by atoms with van der Waals surface area (Å²) in [6.07, 6.45) is 10.2. The summed E-state index contributed by atoms with van der Waals surface area (Å²) >= 11 is 0. The fourth-order valence-electron chi connectivity index (χ4n) is 5.61. The number of ether oxygens (including phenoxy) is 1. The van der Waals surface area contributed by atoms with Crippen LogP contribution in [0.25, 0.3) is 10.9 Å². The number of aromatic nitrogens is 1. The van der Waals surface area contributed by atoms with Crippen molar-refractivity contribution in [1.29, 1.82) is 0 Å². The second kappa shape index (κ2) is 9.01. The predicted molar refractivity (Wildman–Crippen MR) is 122 cm³/mol. The normalized spacial score (nSPS) is 19.7. The molecule has 2 fully saturated rings. The number of fused-ring (bicyclic) bond motifs is 1. The highest BCUT2D eigenvalue weighted by Gasteiger charge is 2.38. The van der Waals surface area contributed by atoms with Gasteiger partial charge in [0.2, 0.25) is 0 Å². The molecule has 1 aromatic heterocycles. The van der Waals surface area contributed by atoms with Crippen LogP contribution in [0.1, 0.15) is 74.3 Å². The van der Waals surface area contributed by atoms with Gasteiger partial charge in [-0.05, 0) is 70.8 Å². The molecule has 1 aliphatic heterocycles. The van der Waals surface area contributed by atoms with Gasteiger partial charge < -0.3 is 14.6 Å². The van der Waals surface area contributed by atoms with Crippen LogP contribution in [0.3, 0.4) is 0 Å². The maximum atomic E-state index is 13.4. The molecule has 1 saturated carbocycles. The fraction of sp³-hybridized carbons (Fsp3) is 0.640. The van der Waals surface area contributed by atoms with Crippen LogP contribution in [0.5, 0.6) is 5.75 Å². The molecule has 1 amide bonds. The number of carbonyl (C=O) groups excluding carboxylic acids is 1. The van der Waals surface area contributed by atoms with Gasteiger partial charge in [0.15, 0.2) is 0 Å². The number of aryl methyl sites for hydroxylation is 1. The van der Waals surface area contributed by atoms with Gasteiger partial charge in [-0.3, -0.25) is 9.69 Å². The molecule has 0 bridgehead atoms. The smallest absolute Gasteiger partial charge is 0.253 e. The number of hydrogen-bond acceptors (Lipinski definition) is 3. The highest BCUT2D eigenvalue weighted by Crippen LogP contribution is 2.35. The van der Waals surface area contributed by atoms with E-state index in [0.717, 1.165) is 34.5 Å². The third kappa shape index (κ3) is 3.96. The van der Waals surface area contributed by atoms with E-state index in [0.29, 0.717) is 6.61 Å². The van der Waals surface area contributed by atoms with Crippen LogP contribution in [-0.4, -0.2) is 47.2 Å². The Bertz CT molecular complexity index is 889. The number of hydrogen-bond donors (Lipinski definition) is 1. The number of carbonyl (C=O) groups is 1. The first-order valence-electron chi connectivity index (χ1n) is 11.8. The molecule has 0 radical (unpaired) electrons. The Labute approximate surface area is 180 Å².